The molecule has 86 heavy (non-hydrogen) atoms. The molecule has 0 aromatic heterocycles. The Balaban J connectivity index is 1.26. The van der Waals surface area contributed by atoms with Gasteiger partial charge in [-0.25, -0.2) is 0 Å². The van der Waals surface area contributed by atoms with Crippen LogP contribution in [0, 0.1) is 0 Å². The van der Waals surface area contributed by atoms with Gasteiger partial charge < -0.3 is 66.0 Å². The molecule has 462 valence electrons. The van der Waals surface area contributed by atoms with Crippen LogP contribution in [0.25, 0.3) is 10.4 Å². The highest BCUT2D eigenvalue weighted by atomic mass is 28.4. The Morgan fingerprint density at radius 3 is 1.29 bits per heavy atom. The first-order valence-corrected chi connectivity index (χ1v) is 32.0. The third-order valence-corrected chi connectivity index (χ3v) is 19.9. The Morgan fingerprint density at radius 1 is 0.477 bits per heavy atom. The Kier molecular flexibility index (Phi) is 24.0. The fraction of sp³-hybridized carbons (Fsp3) is 0.492. The summed E-state index contributed by atoms with van der Waals surface area (Å²) in [7, 11) is -2.84. The second-order valence-electron chi connectivity index (χ2n) is 23.1. The van der Waals surface area contributed by atoms with Crippen LogP contribution in [0.2, 0.25) is 18.1 Å². The van der Waals surface area contributed by atoms with Gasteiger partial charge in [-0.1, -0.05) is 178 Å². The minimum atomic E-state index is -2.84. The van der Waals surface area contributed by atoms with Crippen LogP contribution in [0.4, 0.5) is 0 Å². The fourth-order valence-corrected chi connectivity index (χ4v) is 11.3. The van der Waals surface area contributed by atoms with Gasteiger partial charge in [0.15, 0.2) is 45.5 Å². The Morgan fingerprint density at radius 2 is 0.849 bits per heavy atom. The highest BCUT2D eigenvalue weighted by molar-refractivity contribution is 6.74. The number of rotatable bonds is 27. The summed E-state index contributed by atoms with van der Waals surface area (Å²) in [5.74, 6) is -2.36. The Labute approximate surface area is 504 Å². The van der Waals surface area contributed by atoms with E-state index < -0.39 is 118 Å². The summed E-state index contributed by atoms with van der Waals surface area (Å²) in [5.41, 5.74) is 15.0. The summed E-state index contributed by atoms with van der Waals surface area (Å²) in [5, 5.41) is 4.04. The molecule has 0 N–H and O–H groups in total. The lowest BCUT2D eigenvalue weighted by Crippen LogP contribution is -2.68. The van der Waals surface area contributed by atoms with Gasteiger partial charge in [-0.2, -0.15) is 0 Å². The zero-order chi connectivity index (χ0) is 61.2. The molecule has 5 aromatic rings. The van der Waals surface area contributed by atoms with E-state index in [-0.39, 0.29) is 51.3 Å². The quantitative estimate of drug-likeness (QED) is 0.0119. The number of hydrogen-bond donors (Lipinski definition) is 0. The van der Waals surface area contributed by atoms with E-state index in [2.05, 4.69) is 30.8 Å². The first kappa shape index (κ1) is 65.6. The standard InChI is InChI=1S/C65H81N3O17Si/c1-42-54(74-37-48-29-19-12-20-30-48)58(75-38-49-31-21-13-22-32-49)60(76-39-50-33-23-14-24-34-50)63(77-42)84-57-53(67-68-66)62(85-86(8,9)65(5,6)7)81-51(40-72-35-46-25-15-10-16-26-46)55(57)83-64-61(80-45(4)71)59(79-44(3)70)56(78-43(2)69)52(82-64)41-73-36-47-27-17-11-18-28-47/h10-34,42,51-64H,35-41H2,1-9H3/t42-,51+,52+,53+,54+,55+,56-,57+,58+,59-,60-,61+,62?,63-,64-/m0/s1. The number of hydrogen-bond acceptors (Lipinski definition) is 18. The molecule has 8 rings (SSSR count). The summed E-state index contributed by atoms with van der Waals surface area (Å²) in [6.07, 6.45) is -17.6. The van der Waals surface area contributed by atoms with E-state index in [1.54, 1.807) is 0 Å². The number of benzene rings is 5. The summed E-state index contributed by atoms with van der Waals surface area (Å²) in [6.45, 7) is 15.9. The van der Waals surface area contributed by atoms with Crippen LogP contribution in [0.3, 0.4) is 0 Å². The summed E-state index contributed by atoms with van der Waals surface area (Å²) in [4.78, 5) is 42.9. The monoisotopic (exact) mass is 1200 g/mol. The molecule has 0 saturated carbocycles. The van der Waals surface area contributed by atoms with Gasteiger partial charge >= 0.3 is 17.9 Å². The summed E-state index contributed by atoms with van der Waals surface area (Å²) >= 11 is 0. The molecule has 0 spiro atoms. The van der Waals surface area contributed by atoms with Crippen molar-refractivity contribution in [3.8, 4) is 0 Å². The number of carbonyl (C=O) groups is 3. The van der Waals surface area contributed by atoms with Crippen LogP contribution >= 0.6 is 0 Å². The van der Waals surface area contributed by atoms with Gasteiger partial charge in [0.2, 0.25) is 0 Å². The molecule has 0 aliphatic carbocycles. The van der Waals surface area contributed by atoms with Crippen LogP contribution in [0.15, 0.2) is 157 Å². The van der Waals surface area contributed by atoms with Crippen molar-refractivity contribution >= 4 is 26.2 Å². The minimum Gasteiger partial charge on any atom is -0.456 e. The van der Waals surface area contributed by atoms with E-state index in [4.69, 9.17) is 66.0 Å². The van der Waals surface area contributed by atoms with Gasteiger partial charge in [-0.15, -0.1) is 0 Å². The van der Waals surface area contributed by atoms with Crippen LogP contribution in [0.1, 0.15) is 76.3 Å². The van der Waals surface area contributed by atoms with Crippen molar-refractivity contribution < 1.29 is 80.4 Å². The number of azide groups is 1. The van der Waals surface area contributed by atoms with Crippen LogP contribution in [-0.4, -0.2) is 131 Å². The van der Waals surface area contributed by atoms with Crippen molar-refractivity contribution in [2.24, 2.45) is 5.11 Å². The minimum absolute atomic E-state index is 0.0784. The highest BCUT2D eigenvalue weighted by Crippen LogP contribution is 2.43. The lowest BCUT2D eigenvalue weighted by molar-refractivity contribution is -0.375. The molecule has 3 saturated heterocycles. The maximum Gasteiger partial charge on any atom is 0.303 e. The SMILES string of the molecule is CC(=O)O[C@H]1[C@@H](OC(C)=O)[C@@H](COCc2ccccc2)O[C@@H](O[C@H]2[C@H](O[C@@H]3O[C@@H](C)[C@@H](OCc4ccccc4)[C@@H](OCc4ccccc4)[C@@H]3OCc3ccccc3)[C@@H](N=[N+]=[N-])C(O[Si](C)(C)C(C)(C)C)O[C@@H]2COCc2ccccc2)[C@@H]1OC(C)=O. The van der Waals surface area contributed by atoms with Crippen molar-refractivity contribution in [3.63, 3.8) is 0 Å². The molecule has 0 radical (unpaired) electrons. The molecule has 21 heteroatoms. The maximum absolute atomic E-state index is 13.3. The third kappa shape index (κ3) is 18.3. The first-order valence-electron chi connectivity index (χ1n) is 29.1. The maximum atomic E-state index is 13.3. The van der Waals surface area contributed by atoms with Crippen LogP contribution < -0.4 is 0 Å². The summed E-state index contributed by atoms with van der Waals surface area (Å²) in [6, 6.07) is 46.6. The number of nitrogens with zero attached hydrogens (tertiary/aromatic N) is 3. The number of ether oxygens (including phenoxy) is 13. The molecule has 3 fully saturated rings. The number of carbonyl (C=O) groups excluding carboxylic acids is 3. The van der Waals surface area contributed by atoms with E-state index in [0.29, 0.717) is 0 Å². The topological polar surface area (TPSA) is 229 Å². The summed E-state index contributed by atoms with van der Waals surface area (Å²) < 4.78 is 94.0. The average Bonchev–Trinajstić information content (AvgIpc) is 0.932. The van der Waals surface area contributed by atoms with Crippen molar-refractivity contribution in [3.05, 3.63) is 190 Å². The lowest BCUT2D eigenvalue weighted by Gasteiger charge is -2.52. The molecular weight excluding hydrogens is 1120 g/mol. The van der Waals surface area contributed by atoms with Gasteiger partial charge in [0, 0.05) is 25.7 Å². The molecule has 3 aliphatic rings. The van der Waals surface area contributed by atoms with Crippen molar-refractivity contribution in [2.75, 3.05) is 13.2 Å². The molecule has 3 heterocycles. The van der Waals surface area contributed by atoms with E-state index in [0.717, 1.165) is 27.8 Å². The van der Waals surface area contributed by atoms with Gasteiger partial charge in [-0.05, 0) is 58.4 Å². The largest absolute Gasteiger partial charge is 0.456 e. The second-order valence-corrected chi connectivity index (χ2v) is 27.8. The predicted molar refractivity (Wildman–Crippen MR) is 317 cm³/mol. The van der Waals surface area contributed by atoms with Gasteiger partial charge in [-0.3, -0.25) is 14.4 Å². The molecule has 0 amide bonds. The zero-order valence-electron chi connectivity index (χ0n) is 50.3. The van der Waals surface area contributed by atoms with Crippen LogP contribution in [-0.2, 0) is 113 Å². The molecule has 0 bridgehead atoms. The Bertz CT molecular complexity index is 2930. The van der Waals surface area contributed by atoms with E-state index in [1.165, 1.54) is 20.8 Å². The van der Waals surface area contributed by atoms with E-state index in [9.17, 15) is 19.9 Å². The average molecular weight is 1200 g/mol. The second kappa shape index (κ2) is 31.5. The van der Waals surface area contributed by atoms with Crippen LogP contribution in [0.5, 0.6) is 0 Å². The lowest BCUT2D eigenvalue weighted by atomic mass is 9.94. The molecule has 3 aliphatic heterocycles. The number of esters is 3. The normalized spacial score (nSPS) is 27.7. The van der Waals surface area contributed by atoms with Gasteiger partial charge in [0.05, 0.1) is 52.4 Å². The first-order chi connectivity index (χ1) is 41.4. The van der Waals surface area contributed by atoms with Gasteiger partial charge in [0.25, 0.3) is 0 Å². The molecule has 15 atom stereocenters. The van der Waals surface area contributed by atoms with Crippen molar-refractivity contribution in [1.82, 2.24) is 0 Å². The molecular formula is C65H81N3O17Si. The fourth-order valence-electron chi connectivity index (χ4n) is 10.2. The molecule has 20 nitrogen and oxygen atoms in total. The zero-order valence-corrected chi connectivity index (χ0v) is 51.3. The Hall–Kier alpha value is -6.40. The highest BCUT2D eigenvalue weighted by Gasteiger charge is 2.59. The van der Waals surface area contributed by atoms with E-state index >= 15 is 0 Å². The van der Waals surface area contributed by atoms with E-state index in [1.807, 2.05) is 172 Å². The molecule has 1 unspecified atom stereocenters. The smallest absolute Gasteiger partial charge is 0.303 e. The van der Waals surface area contributed by atoms with Crippen molar-refractivity contribution in [2.45, 2.75) is 192 Å². The van der Waals surface area contributed by atoms with Gasteiger partial charge in [0.1, 0.15) is 48.8 Å². The molecule has 5 aromatic carbocycles. The third-order valence-electron chi connectivity index (χ3n) is 15.5. The predicted octanol–water partition coefficient (Wildman–Crippen LogP) is 10.6. The van der Waals surface area contributed by atoms with Crippen molar-refractivity contribution in [1.29, 1.82) is 0 Å².